The maximum absolute atomic E-state index is 11.5. The summed E-state index contributed by atoms with van der Waals surface area (Å²) in [5, 5.41) is 5.95. The molecule has 0 aliphatic carbocycles. The first kappa shape index (κ1) is 12.4. The minimum atomic E-state index is -0.0923. The van der Waals surface area contributed by atoms with E-state index in [2.05, 4.69) is 10.6 Å². The molecule has 0 bridgehead atoms. The molecule has 4 heteroatoms. The molecule has 1 amide bonds. The molecule has 0 fully saturated rings. The molecular weight excluding hydrogens is 202 g/mol. The van der Waals surface area contributed by atoms with Gasteiger partial charge in [-0.2, -0.15) is 0 Å². The molecule has 0 radical (unpaired) electrons. The highest BCUT2D eigenvalue weighted by molar-refractivity contribution is 5.96. The summed E-state index contributed by atoms with van der Waals surface area (Å²) < 4.78 is 0. The molecule has 1 aromatic rings. The van der Waals surface area contributed by atoms with E-state index in [1.807, 2.05) is 26.8 Å². The first-order valence-electron chi connectivity index (χ1n) is 5.48. The fraction of sp³-hybridized carbons (Fsp3) is 0.417. The van der Waals surface area contributed by atoms with E-state index in [1.54, 1.807) is 12.1 Å². The van der Waals surface area contributed by atoms with E-state index in [9.17, 15) is 4.79 Å². The lowest BCUT2D eigenvalue weighted by molar-refractivity contribution is 0.0956. The Bertz CT molecular complexity index is 375. The highest BCUT2D eigenvalue weighted by Gasteiger charge is 2.07. The number of hydrogen-bond donors (Lipinski definition) is 3. The molecule has 1 aromatic carbocycles. The molecule has 16 heavy (non-hydrogen) atoms. The van der Waals surface area contributed by atoms with Gasteiger partial charge in [0.2, 0.25) is 0 Å². The topological polar surface area (TPSA) is 67.2 Å². The number of nitrogen functional groups attached to an aromatic ring is 1. The van der Waals surface area contributed by atoms with Gasteiger partial charge in [-0.15, -0.1) is 0 Å². The van der Waals surface area contributed by atoms with Crippen molar-refractivity contribution in [2.24, 2.45) is 0 Å². The number of nitrogens with two attached hydrogens (primary N) is 1. The molecule has 0 spiro atoms. The second kappa shape index (κ2) is 5.39. The number of rotatable bonds is 4. The summed E-state index contributed by atoms with van der Waals surface area (Å²) in [5.74, 6) is -0.0923. The minimum absolute atomic E-state index is 0.0923. The second-order valence-electron chi connectivity index (χ2n) is 3.96. The maximum Gasteiger partial charge on any atom is 0.251 e. The van der Waals surface area contributed by atoms with Crippen molar-refractivity contribution in [1.29, 1.82) is 0 Å². The third-order valence-electron chi connectivity index (χ3n) is 2.10. The lowest BCUT2D eigenvalue weighted by Gasteiger charge is -2.13. The standard InChI is InChI=1S/C12H19N3O/c1-4-14-12(16)9-5-6-11(10(13)7-9)15-8(2)3/h5-8,15H,4,13H2,1-3H3,(H,14,16). The molecule has 0 aromatic heterocycles. The Morgan fingerprint density at radius 3 is 2.62 bits per heavy atom. The summed E-state index contributed by atoms with van der Waals surface area (Å²) in [6.07, 6.45) is 0. The van der Waals surface area contributed by atoms with Crippen LogP contribution in [0.4, 0.5) is 11.4 Å². The molecular formula is C12H19N3O. The van der Waals surface area contributed by atoms with Crippen LogP contribution >= 0.6 is 0 Å². The van der Waals surface area contributed by atoms with Crippen molar-refractivity contribution in [2.45, 2.75) is 26.8 Å². The monoisotopic (exact) mass is 221 g/mol. The van der Waals surface area contributed by atoms with Gasteiger partial charge in [-0.3, -0.25) is 4.79 Å². The molecule has 0 unspecified atom stereocenters. The van der Waals surface area contributed by atoms with Gasteiger partial charge < -0.3 is 16.4 Å². The van der Waals surface area contributed by atoms with Crippen molar-refractivity contribution in [3.63, 3.8) is 0 Å². The molecule has 1 rings (SSSR count). The lowest BCUT2D eigenvalue weighted by Crippen LogP contribution is -2.22. The van der Waals surface area contributed by atoms with Crippen molar-refractivity contribution in [3.05, 3.63) is 23.8 Å². The first-order valence-corrected chi connectivity index (χ1v) is 5.48. The minimum Gasteiger partial charge on any atom is -0.397 e. The van der Waals surface area contributed by atoms with Crippen LogP contribution in [0.25, 0.3) is 0 Å². The zero-order valence-corrected chi connectivity index (χ0v) is 10.0. The first-order chi connectivity index (χ1) is 7.54. The summed E-state index contributed by atoms with van der Waals surface area (Å²) in [6, 6.07) is 5.61. The van der Waals surface area contributed by atoms with E-state index >= 15 is 0 Å². The van der Waals surface area contributed by atoms with Crippen molar-refractivity contribution >= 4 is 17.3 Å². The van der Waals surface area contributed by atoms with Gasteiger partial charge in [-0.05, 0) is 39.0 Å². The van der Waals surface area contributed by atoms with Crippen LogP contribution in [0.2, 0.25) is 0 Å². The van der Waals surface area contributed by atoms with E-state index in [0.717, 1.165) is 5.69 Å². The second-order valence-corrected chi connectivity index (χ2v) is 3.96. The molecule has 88 valence electrons. The van der Waals surface area contributed by atoms with Crippen LogP contribution in [0.1, 0.15) is 31.1 Å². The number of carbonyl (C=O) groups excluding carboxylic acids is 1. The third-order valence-corrected chi connectivity index (χ3v) is 2.10. The zero-order chi connectivity index (χ0) is 12.1. The molecule has 0 saturated heterocycles. The maximum atomic E-state index is 11.5. The molecule has 0 saturated carbocycles. The summed E-state index contributed by atoms with van der Waals surface area (Å²) in [6.45, 7) is 6.58. The van der Waals surface area contributed by atoms with E-state index in [1.165, 1.54) is 0 Å². The van der Waals surface area contributed by atoms with Gasteiger partial charge in [0.25, 0.3) is 5.91 Å². The summed E-state index contributed by atoms with van der Waals surface area (Å²) in [7, 11) is 0. The van der Waals surface area contributed by atoms with Crippen LogP contribution in [0, 0.1) is 0 Å². The average molecular weight is 221 g/mol. The predicted molar refractivity (Wildman–Crippen MR) is 67.6 cm³/mol. The van der Waals surface area contributed by atoms with E-state index in [0.29, 0.717) is 23.8 Å². The van der Waals surface area contributed by atoms with Gasteiger partial charge in [-0.1, -0.05) is 0 Å². The molecule has 0 heterocycles. The van der Waals surface area contributed by atoms with Gasteiger partial charge in [0.05, 0.1) is 11.4 Å². The van der Waals surface area contributed by atoms with Crippen LogP contribution in [-0.2, 0) is 0 Å². The predicted octanol–water partition coefficient (Wildman–Crippen LogP) is 1.84. The molecule has 0 aliphatic rings. The molecule has 4 nitrogen and oxygen atoms in total. The SMILES string of the molecule is CCNC(=O)c1ccc(NC(C)C)c(N)c1. The van der Waals surface area contributed by atoms with E-state index in [-0.39, 0.29) is 5.91 Å². The van der Waals surface area contributed by atoms with Gasteiger partial charge in [0.1, 0.15) is 0 Å². The summed E-state index contributed by atoms with van der Waals surface area (Å²) >= 11 is 0. The number of carbonyl (C=O) groups is 1. The Morgan fingerprint density at radius 1 is 1.44 bits per heavy atom. The van der Waals surface area contributed by atoms with Gasteiger partial charge >= 0.3 is 0 Å². The van der Waals surface area contributed by atoms with E-state index < -0.39 is 0 Å². The van der Waals surface area contributed by atoms with Crippen molar-refractivity contribution in [1.82, 2.24) is 5.32 Å². The molecule has 4 N–H and O–H groups in total. The fourth-order valence-corrected chi connectivity index (χ4v) is 1.41. The quantitative estimate of drug-likeness (QED) is 0.680. The van der Waals surface area contributed by atoms with Gasteiger partial charge in [-0.25, -0.2) is 0 Å². The van der Waals surface area contributed by atoms with Crippen LogP contribution in [0.15, 0.2) is 18.2 Å². The van der Waals surface area contributed by atoms with E-state index in [4.69, 9.17) is 5.73 Å². The molecule has 0 aliphatic heterocycles. The smallest absolute Gasteiger partial charge is 0.251 e. The van der Waals surface area contributed by atoms with Crippen LogP contribution in [0.3, 0.4) is 0 Å². The van der Waals surface area contributed by atoms with Gasteiger partial charge in [0, 0.05) is 18.2 Å². The number of anilines is 2. The third kappa shape index (κ3) is 3.15. The van der Waals surface area contributed by atoms with Crippen LogP contribution in [0.5, 0.6) is 0 Å². The highest BCUT2D eigenvalue weighted by atomic mass is 16.1. The van der Waals surface area contributed by atoms with Crippen molar-refractivity contribution in [3.8, 4) is 0 Å². The normalized spacial score (nSPS) is 10.2. The number of amides is 1. The lowest BCUT2D eigenvalue weighted by atomic mass is 10.1. The van der Waals surface area contributed by atoms with Gasteiger partial charge in [0.15, 0.2) is 0 Å². The zero-order valence-electron chi connectivity index (χ0n) is 10.0. The summed E-state index contributed by atoms with van der Waals surface area (Å²) in [5.41, 5.74) is 7.91. The Morgan fingerprint density at radius 2 is 2.12 bits per heavy atom. The summed E-state index contributed by atoms with van der Waals surface area (Å²) in [4.78, 5) is 11.5. The largest absolute Gasteiger partial charge is 0.397 e. The van der Waals surface area contributed by atoms with Crippen LogP contribution < -0.4 is 16.4 Å². The Labute approximate surface area is 96.2 Å². The Kier molecular flexibility index (Phi) is 4.17. The number of benzene rings is 1. The number of hydrogen-bond acceptors (Lipinski definition) is 3. The Hall–Kier alpha value is -1.71. The molecule has 0 atom stereocenters. The van der Waals surface area contributed by atoms with Crippen molar-refractivity contribution < 1.29 is 4.79 Å². The fourth-order valence-electron chi connectivity index (χ4n) is 1.41. The van der Waals surface area contributed by atoms with Crippen LogP contribution in [-0.4, -0.2) is 18.5 Å². The highest BCUT2D eigenvalue weighted by Crippen LogP contribution is 2.20. The van der Waals surface area contributed by atoms with Crippen molar-refractivity contribution in [2.75, 3.05) is 17.6 Å². The Balaban J connectivity index is 2.86. The number of nitrogens with one attached hydrogen (secondary N) is 2. The average Bonchev–Trinajstić information content (AvgIpc) is 2.20.